The van der Waals surface area contributed by atoms with E-state index in [9.17, 15) is 0 Å². The molecule has 27 heavy (non-hydrogen) atoms. The fraction of sp³-hybridized carbons (Fsp3) is 0.286. The molecule has 1 atom stereocenters. The zero-order valence-electron chi connectivity index (χ0n) is 15.7. The Morgan fingerprint density at radius 3 is 2.41 bits per heavy atom. The third-order valence-corrected chi connectivity index (χ3v) is 4.56. The molecule has 0 radical (unpaired) electrons. The second-order valence-electron chi connectivity index (χ2n) is 6.02. The van der Waals surface area contributed by atoms with Gasteiger partial charge in [-0.25, -0.2) is 4.68 Å². The average molecular weight is 387 g/mol. The third kappa shape index (κ3) is 4.55. The van der Waals surface area contributed by atoms with Gasteiger partial charge in [0, 0.05) is 11.6 Å². The molecule has 1 unspecified atom stereocenters. The number of halogens is 1. The van der Waals surface area contributed by atoms with E-state index >= 15 is 0 Å². The summed E-state index contributed by atoms with van der Waals surface area (Å²) in [7, 11) is 3.23. The second-order valence-corrected chi connectivity index (χ2v) is 6.50. The highest BCUT2D eigenvalue weighted by atomic mass is 35.5. The van der Waals surface area contributed by atoms with Crippen LogP contribution in [0, 0.1) is 0 Å². The minimum Gasteiger partial charge on any atom is -0.493 e. The van der Waals surface area contributed by atoms with Crippen LogP contribution in [-0.2, 0) is 6.54 Å². The van der Waals surface area contributed by atoms with Crippen LogP contribution in [0.4, 0.5) is 0 Å². The minimum atomic E-state index is -0.408. The Morgan fingerprint density at radius 2 is 1.74 bits per heavy atom. The summed E-state index contributed by atoms with van der Waals surface area (Å²) >= 11 is 6.22. The fourth-order valence-electron chi connectivity index (χ4n) is 2.72. The van der Waals surface area contributed by atoms with Gasteiger partial charge in [0.15, 0.2) is 17.1 Å². The first-order valence-corrected chi connectivity index (χ1v) is 9.23. The number of alkyl halides is 1. The molecule has 0 saturated heterocycles. The first kappa shape index (κ1) is 19.1. The molecule has 3 aromatic rings. The van der Waals surface area contributed by atoms with Gasteiger partial charge in [-0.05, 0) is 30.2 Å². The van der Waals surface area contributed by atoms with Crippen molar-refractivity contribution in [2.75, 3.05) is 14.2 Å². The van der Waals surface area contributed by atoms with Crippen LogP contribution >= 0.6 is 11.6 Å². The molecular weight excluding hydrogens is 364 g/mol. The van der Waals surface area contributed by atoms with Crippen LogP contribution < -0.4 is 14.2 Å². The summed E-state index contributed by atoms with van der Waals surface area (Å²) in [6.45, 7) is 2.57. The van der Waals surface area contributed by atoms with E-state index in [2.05, 4.69) is 12.1 Å². The van der Waals surface area contributed by atoms with Crippen molar-refractivity contribution >= 4 is 11.6 Å². The molecule has 1 heterocycles. The lowest BCUT2D eigenvalue weighted by Gasteiger charge is -2.12. The zero-order valence-corrected chi connectivity index (χ0v) is 16.4. The maximum absolute atomic E-state index is 6.22. The summed E-state index contributed by atoms with van der Waals surface area (Å²) in [4.78, 5) is 0. The Bertz CT molecular complexity index is 880. The van der Waals surface area contributed by atoms with Gasteiger partial charge in [0.2, 0.25) is 5.88 Å². The topological polar surface area (TPSA) is 45.5 Å². The fourth-order valence-corrected chi connectivity index (χ4v) is 2.81. The van der Waals surface area contributed by atoms with Crippen molar-refractivity contribution in [3.8, 4) is 28.6 Å². The van der Waals surface area contributed by atoms with Crippen LogP contribution in [0.25, 0.3) is 11.3 Å². The lowest BCUT2D eigenvalue weighted by molar-refractivity contribution is 0.250. The van der Waals surface area contributed by atoms with E-state index < -0.39 is 5.56 Å². The molecule has 0 fully saturated rings. The maximum atomic E-state index is 6.22. The molecule has 0 saturated carbocycles. The summed E-state index contributed by atoms with van der Waals surface area (Å²) in [5.41, 5.74) is 2.41. The van der Waals surface area contributed by atoms with Gasteiger partial charge in [-0.15, -0.1) is 0 Å². The van der Waals surface area contributed by atoms with Crippen molar-refractivity contribution in [1.82, 2.24) is 9.78 Å². The molecule has 0 amide bonds. The van der Waals surface area contributed by atoms with Crippen molar-refractivity contribution in [2.24, 2.45) is 0 Å². The van der Waals surface area contributed by atoms with Crippen molar-refractivity contribution in [3.05, 3.63) is 60.2 Å². The van der Waals surface area contributed by atoms with Crippen molar-refractivity contribution in [2.45, 2.75) is 25.5 Å². The van der Waals surface area contributed by atoms with Crippen molar-refractivity contribution < 1.29 is 14.2 Å². The highest BCUT2D eigenvalue weighted by Gasteiger charge is 2.16. The zero-order chi connectivity index (χ0) is 19.2. The maximum Gasteiger partial charge on any atom is 0.214 e. The molecular formula is C21H23ClN2O3. The van der Waals surface area contributed by atoms with Gasteiger partial charge < -0.3 is 14.2 Å². The number of aromatic nitrogens is 2. The van der Waals surface area contributed by atoms with Gasteiger partial charge in [-0.1, -0.05) is 48.9 Å². The van der Waals surface area contributed by atoms with Gasteiger partial charge in [-0.2, -0.15) is 5.10 Å². The molecule has 6 heteroatoms. The van der Waals surface area contributed by atoms with E-state index in [0.717, 1.165) is 16.8 Å². The Kier molecular flexibility index (Phi) is 6.24. The predicted octanol–water partition coefficient (Wildman–Crippen LogP) is 4.97. The van der Waals surface area contributed by atoms with Gasteiger partial charge in [-0.3, -0.25) is 0 Å². The summed E-state index contributed by atoms with van der Waals surface area (Å²) in [6, 6.07) is 17.7. The standard InChI is InChI=1S/C21H23ClN2O3/c1-4-20(22)27-21-13-17(16-10-11-18(25-2)19(12-16)26-3)23-24(21)14-15-8-6-5-7-9-15/h5-13,20H,4,14H2,1-3H3. The molecule has 5 nitrogen and oxygen atoms in total. The van der Waals surface area contributed by atoms with Crippen molar-refractivity contribution in [1.29, 1.82) is 0 Å². The van der Waals surface area contributed by atoms with Crippen LogP contribution in [0.15, 0.2) is 54.6 Å². The second kappa shape index (κ2) is 8.82. The molecule has 142 valence electrons. The summed E-state index contributed by atoms with van der Waals surface area (Å²) in [6.07, 6.45) is 0.698. The number of rotatable bonds is 8. The molecule has 0 spiro atoms. The van der Waals surface area contributed by atoms with Gasteiger partial charge >= 0.3 is 0 Å². The van der Waals surface area contributed by atoms with Crippen LogP contribution in [0.5, 0.6) is 17.4 Å². The number of benzene rings is 2. The van der Waals surface area contributed by atoms with Crippen LogP contribution in [-0.4, -0.2) is 29.6 Å². The minimum absolute atomic E-state index is 0.408. The van der Waals surface area contributed by atoms with E-state index in [4.69, 9.17) is 30.9 Å². The summed E-state index contributed by atoms with van der Waals surface area (Å²) < 4.78 is 18.4. The van der Waals surface area contributed by atoms with E-state index in [1.54, 1.807) is 14.2 Å². The van der Waals surface area contributed by atoms with E-state index in [1.165, 1.54) is 0 Å². The molecule has 2 aromatic carbocycles. The van der Waals surface area contributed by atoms with Crippen LogP contribution in [0.1, 0.15) is 18.9 Å². The van der Waals surface area contributed by atoms with Gasteiger partial charge in [0.1, 0.15) is 0 Å². The molecule has 3 rings (SSSR count). The molecule has 0 aliphatic rings. The largest absolute Gasteiger partial charge is 0.493 e. The SMILES string of the molecule is CCC(Cl)Oc1cc(-c2ccc(OC)c(OC)c2)nn1Cc1ccccc1. The van der Waals surface area contributed by atoms with E-state index in [1.807, 2.05) is 54.1 Å². The predicted molar refractivity (Wildman–Crippen MR) is 107 cm³/mol. The number of ether oxygens (including phenoxy) is 3. The van der Waals surface area contributed by atoms with E-state index in [0.29, 0.717) is 30.3 Å². The third-order valence-electron chi connectivity index (χ3n) is 4.17. The van der Waals surface area contributed by atoms with Crippen LogP contribution in [0.3, 0.4) is 0 Å². The molecule has 0 N–H and O–H groups in total. The molecule has 1 aromatic heterocycles. The first-order chi connectivity index (χ1) is 13.1. The Labute approximate surface area is 164 Å². The Balaban J connectivity index is 1.97. The number of hydrogen-bond donors (Lipinski definition) is 0. The summed E-state index contributed by atoms with van der Waals surface area (Å²) in [5, 5.41) is 4.73. The monoisotopic (exact) mass is 386 g/mol. The molecule has 0 aliphatic heterocycles. The van der Waals surface area contributed by atoms with Crippen molar-refractivity contribution in [3.63, 3.8) is 0 Å². The highest BCUT2D eigenvalue weighted by molar-refractivity contribution is 6.19. The normalized spacial score (nSPS) is 11.9. The highest BCUT2D eigenvalue weighted by Crippen LogP contribution is 2.33. The lowest BCUT2D eigenvalue weighted by atomic mass is 10.1. The smallest absolute Gasteiger partial charge is 0.214 e. The number of nitrogens with zero attached hydrogens (tertiary/aromatic N) is 2. The Hall–Kier alpha value is -2.66. The van der Waals surface area contributed by atoms with Gasteiger partial charge in [0.25, 0.3) is 0 Å². The van der Waals surface area contributed by atoms with Gasteiger partial charge in [0.05, 0.1) is 26.5 Å². The van der Waals surface area contributed by atoms with Crippen LogP contribution in [0.2, 0.25) is 0 Å². The quantitative estimate of drug-likeness (QED) is 0.513. The number of hydrogen-bond acceptors (Lipinski definition) is 4. The molecule has 0 aliphatic carbocycles. The first-order valence-electron chi connectivity index (χ1n) is 8.79. The van der Waals surface area contributed by atoms with E-state index in [-0.39, 0.29) is 0 Å². The lowest BCUT2D eigenvalue weighted by Crippen LogP contribution is -2.12. The number of methoxy groups -OCH3 is 2. The summed E-state index contributed by atoms with van der Waals surface area (Å²) in [5.74, 6) is 1.96. The average Bonchev–Trinajstić information content (AvgIpc) is 3.10. The molecule has 0 bridgehead atoms. The Morgan fingerprint density at radius 1 is 1.00 bits per heavy atom.